The van der Waals surface area contributed by atoms with Gasteiger partial charge in [0.05, 0.1) is 16.7 Å². The van der Waals surface area contributed by atoms with Crippen LogP contribution in [0.3, 0.4) is 0 Å². The molecule has 4 aromatic heterocycles. The Kier molecular flexibility index (Phi) is 6.56. The van der Waals surface area contributed by atoms with E-state index in [4.69, 9.17) is 19.4 Å². The summed E-state index contributed by atoms with van der Waals surface area (Å²) in [5, 5.41) is 7.99. The number of benzene rings is 8. The Morgan fingerprint density at radius 1 is 0.448 bits per heavy atom. The monoisotopic (exact) mass is 759 g/mol. The van der Waals surface area contributed by atoms with Gasteiger partial charge in [0.15, 0.2) is 11.6 Å². The van der Waals surface area contributed by atoms with Crippen molar-refractivity contribution in [2.24, 2.45) is 0 Å². The number of hydrogen-bond donors (Lipinski definition) is 0. The van der Waals surface area contributed by atoms with Crippen LogP contribution in [0.4, 0.5) is 0 Å². The van der Waals surface area contributed by atoms with Gasteiger partial charge in [0.2, 0.25) is 5.95 Å². The van der Waals surface area contributed by atoms with Crippen LogP contribution in [0.5, 0.6) is 0 Å². The number of furan rings is 1. The quantitative estimate of drug-likeness (QED) is 0.179. The third-order valence-corrected chi connectivity index (χ3v) is 12.7. The van der Waals surface area contributed by atoms with Crippen molar-refractivity contribution in [1.29, 1.82) is 0 Å². The first kappa shape index (κ1) is 31.7. The molecule has 270 valence electrons. The van der Waals surface area contributed by atoms with Crippen molar-refractivity contribution < 1.29 is 4.42 Å². The molecule has 13 rings (SSSR count). The van der Waals surface area contributed by atoms with Gasteiger partial charge in [-0.05, 0) is 46.7 Å². The zero-order valence-corrected chi connectivity index (χ0v) is 31.6. The molecular formula is C51H29N5OS. The molecule has 0 bridgehead atoms. The zero-order valence-electron chi connectivity index (χ0n) is 30.8. The lowest BCUT2D eigenvalue weighted by atomic mass is 10.0. The van der Waals surface area contributed by atoms with Crippen molar-refractivity contribution in [3.05, 3.63) is 176 Å². The van der Waals surface area contributed by atoms with E-state index in [2.05, 4.69) is 173 Å². The highest BCUT2D eigenvalue weighted by Crippen LogP contribution is 2.49. The molecular weight excluding hydrogens is 731 g/mol. The Balaban J connectivity index is 1.08. The molecule has 6 nitrogen and oxygen atoms in total. The lowest BCUT2D eigenvalue weighted by molar-refractivity contribution is 0.670. The molecule has 1 aliphatic heterocycles. The molecule has 0 saturated carbocycles. The van der Waals surface area contributed by atoms with Gasteiger partial charge in [0.1, 0.15) is 16.8 Å². The molecule has 8 aromatic carbocycles. The summed E-state index contributed by atoms with van der Waals surface area (Å²) in [6.07, 6.45) is 0. The molecule has 0 amide bonds. The Hall–Kier alpha value is -7.48. The smallest absolute Gasteiger partial charge is 0.239 e. The minimum atomic E-state index is 0.562. The van der Waals surface area contributed by atoms with Crippen molar-refractivity contribution in [1.82, 2.24) is 24.1 Å². The van der Waals surface area contributed by atoms with E-state index in [1.807, 2.05) is 23.9 Å². The Bertz CT molecular complexity index is 3660. The fraction of sp³-hybridized carbons (Fsp3) is 0. The van der Waals surface area contributed by atoms with Gasteiger partial charge in [-0.3, -0.25) is 9.13 Å². The normalized spacial score (nSPS) is 12.4. The summed E-state index contributed by atoms with van der Waals surface area (Å²) < 4.78 is 11.1. The van der Waals surface area contributed by atoms with Crippen molar-refractivity contribution >= 4 is 77.3 Å². The van der Waals surface area contributed by atoms with Gasteiger partial charge in [0.25, 0.3) is 0 Å². The first-order valence-corrected chi connectivity index (χ1v) is 20.2. The first-order valence-electron chi connectivity index (χ1n) is 19.4. The van der Waals surface area contributed by atoms with Gasteiger partial charge in [-0.2, -0.15) is 9.97 Å². The Labute approximate surface area is 335 Å². The van der Waals surface area contributed by atoms with Crippen LogP contribution in [0.1, 0.15) is 0 Å². The molecule has 0 fully saturated rings. The van der Waals surface area contributed by atoms with Crippen LogP contribution in [0.25, 0.3) is 111 Å². The van der Waals surface area contributed by atoms with Gasteiger partial charge in [-0.1, -0.05) is 157 Å². The van der Waals surface area contributed by atoms with Gasteiger partial charge < -0.3 is 4.42 Å². The maximum atomic E-state index is 6.42. The highest BCUT2D eigenvalue weighted by molar-refractivity contribution is 7.99. The topological polar surface area (TPSA) is 61.7 Å². The molecule has 0 N–H and O–H groups in total. The molecule has 7 heteroatoms. The van der Waals surface area contributed by atoms with Gasteiger partial charge in [0, 0.05) is 53.4 Å². The van der Waals surface area contributed by atoms with Gasteiger partial charge in [-0.25, -0.2) is 4.98 Å². The molecule has 0 aliphatic carbocycles. The van der Waals surface area contributed by atoms with E-state index in [9.17, 15) is 0 Å². The van der Waals surface area contributed by atoms with Crippen LogP contribution in [0, 0.1) is 0 Å². The van der Waals surface area contributed by atoms with E-state index in [1.54, 1.807) is 0 Å². The predicted octanol–water partition coefficient (Wildman–Crippen LogP) is 13.4. The number of hydrogen-bond acceptors (Lipinski definition) is 5. The average molecular weight is 760 g/mol. The summed E-state index contributed by atoms with van der Waals surface area (Å²) in [6.45, 7) is 0. The van der Waals surface area contributed by atoms with E-state index in [-0.39, 0.29) is 0 Å². The SMILES string of the molecule is c1ccc2c(c1)Sc1cccc3c4c5ccccc5n(-c5nc(-c6ccc(-c7cccc8c7oc7ccccc78)cc6)nc(-c6cccc7ccccc67)n5)c4n-2c13. The molecule has 0 saturated heterocycles. The summed E-state index contributed by atoms with van der Waals surface area (Å²) in [7, 11) is 0. The standard InChI is InChI=1S/C51H29N5OS/c1-2-14-33-30(12-1)13-9-19-37(33)49-52-48(32-28-26-31(27-29-32)34-17-10-18-36-35-15-4-7-23-42(35)57-47(34)36)53-51(54-49)56-40-21-5-3-16-38(40)45-39-20-11-25-44-46(39)55(50(45)56)41-22-6-8-24-43(41)58-44/h1-29H. The van der Waals surface area contributed by atoms with Crippen molar-refractivity contribution in [2.75, 3.05) is 0 Å². The highest BCUT2D eigenvalue weighted by atomic mass is 32.2. The molecule has 12 aromatic rings. The van der Waals surface area contributed by atoms with Crippen LogP contribution in [0.2, 0.25) is 0 Å². The van der Waals surface area contributed by atoms with Crippen molar-refractivity contribution in [3.8, 4) is 45.5 Å². The predicted molar refractivity (Wildman–Crippen MR) is 236 cm³/mol. The van der Waals surface area contributed by atoms with Crippen LogP contribution >= 0.6 is 11.8 Å². The van der Waals surface area contributed by atoms with Gasteiger partial charge in [-0.15, -0.1) is 0 Å². The summed E-state index contributed by atoms with van der Waals surface area (Å²) >= 11 is 1.82. The molecule has 0 atom stereocenters. The van der Waals surface area contributed by atoms with Gasteiger partial charge >= 0.3 is 0 Å². The van der Waals surface area contributed by atoms with Crippen molar-refractivity contribution in [3.63, 3.8) is 0 Å². The molecule has 1 aliphatic rings. The Morgan fingerprint density at radius 2 is 1.10 bits per heavy atom. The lowest BCUT2D eigenvalue weighted by Crippen LogP contribution is -2.10. The number of rotatable bonds is 4. The lowest BCUT2D eigenvalue weighted by Gasteiger charge is -2.20. The van der Waals surface area contributed by atoms with Crippen LogP contribution in [0.15, 0.2) is 190 Å². The summed E-state index contributed by atoms with van der Waals surface area (Å²) in [4.78, 5) is 18.5. The summed E-state index contributed by atoms with van der Waals surface area (Å²) in [6, 6.07) is 61.7. The van der Waals surface area contributed by atoms with E-state index in [1.165, 1.54) is 26.1 Å². The molecule has 0 unspecified atom stereocenters. The minimum Gasteiger partial charge on any atom is -0.455 e. The third kappa shape index (κ3) is 4.47. The summed E-state index contributed by atoms with van der Waals surface area (Å²) in [5.74, 6) is 1.77. The maximum absolute atomic E-state index is 6.42. The molecule has 0 radical (unpaired) electrons. The maximum Gasteiger partial charge on any atom is 0.239 e. The fourth-order valence-electron chi connectivity index (χ4n) is 9.04. The number of fused-ring (bicyclic) bond motifs is 11. The van der Waals surface area contributed by atoms with E-state index in [0.29, 0.717) is 17.6 Å². The molecule has 58 heavy (non-hydrogen) atoms. The minimum absolute atomic E-state index is 0.562. The van der Waals surface area contributed by atoms with E-state index < -0.39 is 0 Å². The largest absolute Gasteiger partial charge is 0.455 e. The van der Waals surface area contributed by atoms with E-state index >= 15 is 0 Å². The average Bonchev–Trinajstić information content (AvgIpc) is 3.95. The summed E-state index contributed by atoms with van der Waals surface area (Å²) in [5.41, 5.74) is 10.1. The fourth-order valence-corrected chi connectivity index (χ4v) is 10.1. The highest BCUT2D eigenvalue weighted by Gasteiger charge is 2.29. The second kappa shape index (κ2) is 12.0. The first-order chi connectivity index (χ1) is 28.8. The molecule has 5 heterocycles. The van der Waals surface area contributed by atoms with Crippen LogP contribution in [-0.4, -0.2) is 24.1 Å². The zero-order chi connectivity index (χ0) is 37.9. The van der Waals surface area contributed by atoms with Crippen molar-refractivity contribution in [2.45, 2.75) is 9.79 Å². The number of aromatic nitrogens is 5. The van der Waals surface area contributed by atoms with E-state index in [0.717, 1.165) is 77.2 Å². The Morgan fingerprint density at radius 3 is 2.03 bits per heavy atom. The molecule has 0 spiro atoms. The second-order valence-electron chi connectivity index (χ2n) is 14.8. The number of nitrogens with zero attached hydrogens (tertiary/aromatic N) is 5. The third-order valence-electron chi connectivity index (χ3n) is 11.6. The second-order valence-corrected chi connectivity index (χ2v) is 15.9. The van der Waals surface area contributed by atoms with Crippen LogP contribution < -0.4 is 0 Å². The van der Waals surface area contributed by atoms with Crippen LogP contribution in [-0.2, 0) is 0 Å². The number of para-hydroxylation sites is 5.